The van der Waals surface area contributed by atoms with Crippen molar-refractivity contribution in [3.8, 4) is 0 Å². The van der Waals surface area contributed by atoms with Crippen molar-refractivity contribution in [3.63, 3.8) is 0 Å². The summed E-state index contributed by atoms with van der Waals surface area (Å²) in [6, 6.07) is 4.14. The van der Waals surface area contributed by atoms with Gasteiger partial charge in [-0.2, -0.15) is 13.2 Å². The average Bonchev–Trinajstić information content (AvgIpc) is 3.11. The summed E-state index contributed by atoms with van der Waals surface area (Å²) in [5.74, 6) is 0. The zero-order valence-electron chi connectivity index (χ0n) is 21.9. The maximum atomic E-state index is 13.9. The molecule has 0 bridgehead atoms. The third-order valence-corrected chi connectivity index (χ3v) is 7.30. The first-order valence-corrected chi connectivity index (χ1v) is 13.4. The molecule has 0 aliphatic carbocycles. The molecule has 0 radical (unpaired) electrons. The molecule has 3 N–H and O–H groups in total. The molecule has 2 aromatic heterocycles. The van der Waals surface area contributed by atoms with Gasteiger partial charge in [-0.05, 0) is 57.0 Å². The number of benzene rings is 1. The molecule has 0 aliphatic rings. The number of aromatic nitrogens is 2. The summed E-state index contributed by atoms with van der Waals surface area (Å²) in [6.45, 7) is 10.7. The molecule has 0 fully saturated rings. The van der Waals surface area contributed by atoms with E-state index < -0.39 is 17.3 Å². The van der Waals surface area contributed by atoms with E-state index in [0.29, 0.717) is 18.0 Å². The highest BCUT2D eigenvalue weighted by atomic mass is 19.4. The fourth-order valence-electron chi connectivity index (χ4n) is 5.48. The van der Waals surface area contributed by atoms with Gasteiger partial charge in [-0.1, -0.05) is 46.0 Å². The molecule has 1 aromatic carbocycles. The Balaban J connectivity index is 1.67. The van der Waals surface area contributed by atoms with Crippen LogP contribution in [0.2, 0.25) is 0 Å². The van der Waals surface area contributed by atoms with Crippen LogP contribution in [0.1, 0.15) is 75.6 Å². The lowest BCUT2D eigenvalue weighted by molar-refractivity contribution is -0.136. The van der Waals surface area contributed by atoms with Crippen LogP contribution >= 0.6 is 0 Å². The summed E-state index contributed by atoms with van der Waals surface area (Å²) in [7, 11) is 0. The number of fused-ring (bicyclic) bond motifs is 3. The van der Waals surface area contributed by atoms with Gasteiger partial charge in [0.25, 0.3) is 0 Å². The van der Waals surface area contributed by atoms with Crippen LogP contribution in [0.3, 0.4) is 0 Å². The van der Waals surface area contributed by atoms with Crippen LogP contribution in [0.25, 0.3) is 21.8 Å². The largest absolute Gasteiger partial charge is 0.417 e. The molecule has 0 saturated heterocycles. The predicted octanol–water partition coefficient (Wildman–Crippen LogP) is 6.38. The van der Waals surface area contributed by atoms with Gasteiger partial charge in [0.2, 0.25) is 5.56 Å². The lowest BCUT2D eigenvalue weighted by Crippen LogP contribution is -2.30. The fraction of sp³-hybridized carbons (Fsp3) is 0.607. The quantitative estimate of drug-likeness (QED) is 0.249. The summed E-state index contributed by atoms with van der Waals surface area (Å²) in [5, 5.41) is 0.697. The fourth-order valence-corrected chi connectivity index (χ4v) is 5.48. The monoisotopic (exact) mass is 506 g/mol. The van der Waals surface area contributed by atoms with E-state index in [2.05, 4.69) is 21.4 Å². The molecule has 0 amide bonds. The summed E-state index contributed by atoms with van der Waals surface area (Å²) in [6.07, 6.45) is 4.30. The average molecular weight is 507 g/mol. The summed E-state index contributed by atoms with van der Waals surface area (Å²) in [4.78, 5) is 16.9. The highest BCUT2D eigenvalue weighted by Gasteiger charge is 2.34. The molecule has 3 aromatic rings. The van der Waals surface area contributed by atoms with Gasteiger partial charge in [0, 0.05) is 53.2 Å². The second-order valence-electron chi connectivity index (χ2n) is 9.70. The van der Waals surface area contributed by atoms with Crippen LogP contribution in [0.4, 0.5) is 13.2 Å². The van der Waals surface area contributed by atoms with Gasteiger partial charge >= 0.3 is 6.18 Å². The van der Waals surface area contributed by atoms with E-state index in [-0.39, 0.29) is 10.9 Å². The first-order valence-electron chi connectivity index (χ1n) is 13.4. The van der Waals surface area contributed by atoms with Crippen LogP contribution in [0.5, 0.6) is 0 Å². The molecule has 3 rings (SSSR count). The maximum Gasteiger partial charge on any atom is 0.417 e. The number of aryl methyl sites for hydroxylation is 2. The van der Waals surface area contributed by atoms with Crippen molar-refractivity contribution >= 4 is 21.8 Å². The molecule has 36 heavy (non-hydrogen) atoms. The third kappa shape index (κ3) is 6.51. The zero-order valence-corrected chi connectivity index (χ0v) is 21.9. The number of rotatable bonds is 14. The van der Waals surface area contributed by atoms with Crippen LogP contribution < -0.4 is 11.3 Å². The highest BCUT2D eigenvalue weighted by Crippen LogP contribution is 2.39. The Labute approximate surface area is 211 Å². The Hall–Kier alpha value is -2.32. The smallest absolute Gasteiger partial charge is 0.344 e. The van der Waals surface area contributed by atoms with E-state index in [0.717, 1.165) is 62.2 Å². The van der Waals surface area contributed by atoms with E-state index in [1.54, 1.807) is 6.07 Å². The van der Waals surface area contributed by atoms with Crippen LogP contribution in [-0.2, 0) is 19.1 Å². The van der Waals surface area contributed by atoms with Gasteiger partial charge in [0.05, 0.1) is 5.56 Å². The van der Waals surface area contributed by atoms with Gasteiger partial charge in [-0.15, -0.1) is 0 Å². The number of halogens is 3. The number of hydrogen-bond acceptors (Lipinski definition) is 3. The van der Waals surface area contributed by atoms with Crippen molar-refractivity contribution in [1.82, 2.24) is 14.5 Å². The molecule has 200 valence electrons. The van der Waals surface area contributed by atoms with Gasteiger partial charge in [-0.3, -0.25) is 4.79 Å². The van der Waals surface area contributed by atoms with Crippen molar-refractivity contribution < 1.29 is 13.2 Å². The maximum absolute atomic E-state index is 13.9. The van der Waals surface area contributed by atoms with Crippen LogP contribution in [-0.4, -0.2) is 40.6 Å². The molecular formula is C28H41F3N4O. The topological polar surface area (TPSA) is 67.0 Å². The molecule has 0 saturated carbocycles. The van der Waals surface area contributed by atoms with Gasteiger partial charge in [-0.25, -0.2) is 0 Å². The molecule has 0 spiro atoms. The lowest BCUT2D eigenvalue weighted by atomic mass is 10.0. The van der Waals surface area contributed by atoms with Crippen LogP contribution in [0.15, 0.2) is 23.0 Å². The predicted molar refractivity (Wildman–Crippen MR) is 143 cm³/mol. The number of alkyl halides is 3. The van der Waals surface area contributed by atoms with Crippen molar-refractivity contribution in [2.24, 2.45) is 5.73 Å². The van der Waals surface area contributed by atoms with E-state index >= 15 is 0 Å². The molecule has 0 unspecified atom stereocenters. The number of likely N-dealkylation sites (N-methyl/N-ethyl adjacent to an activating group) is 1. The number of nitrogens with two attached hydrogens (primary N) is 1. The molecule has 5 nitrogen and oxygen atoms in total. The Morgan fingerprint density at radius 2 is 1.64 bits per heavy atom. The SMILES string of the molecule is CCc1c(C)c2c3c(C(F)(F)F)cc(=O)[nH]c3ccc2n1CCCCCCCCCN(CC)CCN. The molecule has 8 heteroatoms. The standard InChI is InChI=1S/C28H41F3N4O/c1-4-23-20(3)26-24(14-13-22-27(26)21(28(29,30)31)19-25(36)33-22)35(23)17-12-10-8-6-7-9-11-16-34(5-2)18-15-32/h13-14,19H,4-12,15-18,32H2,1-3H3,(H,33,36). The van der Waals surface area contributed by atoms with Crippen LogP contribution in [0, 0.1) is 6.92 Å². The van der Waals surface area contributed by atoms with Crippen molar-refractivity contribution in [3.05, 3.63) is 45.4 Å². The van der Waals surface area contributed by atoms with E-state index in [9.17, 15) is 18.0 Å². The normalized spacial score (nSPS) is 12.4. The minimum Gasteiger partial charge on any atom is -0.344 e. The van der Waals surface area contributed by atoms with Crippen molar-refractivity contribution in [1.29, 1.82) is 0 Å². The van der Waals surface area contributed by atoms with Crippen molar-refractivity contribution in [2.45, 2.75) is 84.9 Å². The Morgan fingerprint density at radius 3 is 2.25 bits per heavy atom. The number of pyridine rings is 1. The molecule has 0 aliphatic heterocycles. The number of unbranched alkanes of at least 4 members (excludes halogenated alkanes) is 6. The Kier molecular flexibility index (Phi) is 10.0. The highest BCUT2D eigenvalue weighted by molar-refractivity contribution is 6.09. The second kappa shape index (κ2) is 12.8. The van der Waals surface area contributed by atoms with Gasteiger partial charge in [0.1, 0.15) is 0 Å². The lowest BCUT2D eigenvalue weighted by Gasteiger charge is -2.18. The third-order valence-electron chi connectivity index (χ3n) is 7.30. The Morgan fingerprint density at radius 1 is 0.972 bits per heavy atom. The molecule has 0 atom stereocenters. The van der Waals surface area contributed by atoms with E-state index in [4.69, 9.17) is 5.73 Å². The molecular weight excluding hydrogens is 465 g/mol. The van der Waals surface area contributed by atoms with E-state index in [1.165, 1.54) is 32.1 Å². The number of nitrogens with one attached hydrogen (secondary N) is 1. The minimum atomic E-state index is -4.60. The Bertz CT molecular complexity index is 1200. The second-order valence-corrected chi connectivity index (χ2v) is 9.70. The number of nitrogens with zero attached hydrogens (tertiary/aromatic N) is 2. The first kappa shape index (κ1) is 28.3. The van der Waals surface area contributed by atoms with Crippen molar-refractivity contribution in [2.75, 3.05) is 26.2 Å². The first-order chi connectivity index (χ1) is 17.2. The van der Waals surface area contributed by atoms with E-state index in [1.807, 2.05) is 19.9 Å². The van der Waals surface area contributed by atoms with Gasteiger partial charge < -0.3 is 20.2 Å². The number of aromatic amines is 1. The summed E-state index contributed by atoms with van der Waals surface area (Å²) in [5.41, 5.74) is 7.03. The minimum absolute atomic E-state index is 0.0960. The number of H-pyrrole nitrogens is 1. The summed E-state index contributed by atoms with van der Waals surface area (Å²) < 4.78 is 43.8. The number of hydrogen-bond donors (Lipinski definition) is 2. The summed E-state index contributed by atoms with van der Waals surface area (Å²) >= 11 is 0. The molecule has 2 heterocycles. The van der Waals surface area contributed by atoms with Gasteiger partial charge in [0.15, 0.2) is 0 Å². The zero-order chi connectivity index (χ0) is 26.3.